The Morgan fingerprint density at radius 3 is 2.57 bits per heavy atom. The van der Waals surface area contributed by atoms with Gasteiger partial charge in [0.25, 0.3) is 5.69 Å². The molecule has 0 amide bonds. The Bertz CT molecular complexity index is 652. The molecule has 1 N–H and O–H groups in total. The molecule has 21 heavy (non-hydrogen) atoms. The molecule has 0 aliphatic rings. The number of hydrogen-bond acceptors (Lipinski definition) is 4. The first-order chi connectivity index (χ1) is 10.0. The van der Waals surface area contributed by atoms with E-state index in [4.69, 9.17) is 4.74 Å². The first kappa shape index (κ1) is 15.0. The van der Waals surface area contributed by atoms with Gasteiger partial charge in [0.1, 0.15) is 11.5 Å². The van der Waals surface area contributed by atoms with Crippen LogP contribution >= 0.6 is 0 Å². The number of hydrogen-bond donors (Lipinski definition) is 1. The van der Waals surface area contributed by atoms with Gasteiger partial charge in [0.05, 0.1) is 17.1 Å². The van der Waals surface area contributed by atoms with Gasteiger partial charge in [-0.1, -0.05) is 32.0 Å². The normalized spacial score (nSPS) is 10.7. The second kappa shape index (κ2) is 6.37. The van der Waals surface area contributed by atoms with Crippen molar-refractivity contribution in [3.05, 3.63) is 63.7 Å². The van der Waals surface area contributed by atoms with Crippen molar-refractivity contribution in [2.45, 2.75) is 26.4 Å². The standard InChI is InChI=1S/C16H17NO4/c1-11(2)14-5-3-4-6-16(14)21-13-7-8-15(17(19)20)12(9-13)10-18/h3-9,11,18H,10H2,1-2H3. The third kappa shape index (κ3) is 3.38. The van der Waals surface area contributed by atoms with Gasteiger partial charge in [0.15, 0.2) is 0 Å². The van der Waals surface area contributed by atoms with Crippen LogP contribution in [0.25, 0.3) is 0 Å². The van der Waals surface area contributed by atoms with Crippen molar-refractivity contribution in [3.8, 4) is 11.5 Å². The Morgan fingerprint density at radius 1 is 1.24 bits per heavy atom. The Morgan fingerprint density at radius 2 is 1.95 bits per heavy atom. The first-order valence-corrected chi connectivity index (χ1v) is 6.68. The number of rotatable bonds is 5. The molecule has 0 spiro atoms. The summed E-state index contributed by atoms with van der Waals surface area (Å²) in [5.41, 5.74) is 1.18. The Kier molecular flexibility index (Phi) is 4.55. The van der Waals surface area contributed by atoms with E-state index in [-0.39, 0.29) is 11.3 Å². The molecule has 0 saturated carbocycles. The summed E-state index contributed by atoms with van der Waals surface area (Å²) < 4.78 is 5.81. The van der Waals surface area contributed by atoms with E-state index in [2.05, 4.69) is 13.8 Å². The maximum Gasteiger partial charge on any atom is 0.275 e. The van der Waals surface area contributed by atoms with Gasteiger partial charge in [0.2, 0.25) is 0 Å². The highest BCUT2D eigenvalue weighted by molar-refractivity contribution is 5.47. The zero-order valence-electron chi connectivity index (χ0n) is 11.9. The van der Waals surface area contributed by atoms with Crippen LogP contribution in [0.5, 0.6) is 11.5 Å². The molecule has 0 radical (unpaired) electrons. The largest absolute Gasteiger partial charge is 0.457 e. The number of nitro groups is 1. The second-order valence-corrected chi connectivity index (χ2v) is 5.00. The summed E-state index contributed by atoms with van der Waals surface area (Å²) in [6, 6.07) is 12.0. The van der Waals surface area contributed by atoms with E-state index in [1.807, 2.05) is 24.3 Å². The highest BCUT2D eigenvalue weighted by Crippen LogP contribution is 2.32. The molecule has 2 aromatic rings. The lowest BCUT2D eigenvalue weighted by atomic mass is 10.0. The molecular weight excluding hydrogens is 270 g/mol. The molecule has 0 aliphatic heterocycles. The van der Waals surface area contributed by atoms with E-state index in [1.54, 1.807) is 0 Å². The van der Waals surface area contributed by atoms with Crippen molar-refractivity contribution >= 4 is 5.69 Å². The minimum Gasteiger partial charge on any atom is -0.457 e. The minimum atomic E-state index is -0.516. The van der Waals surface area contributed by atoms with Gasteiger partial charge >= 0.3 is 0 Å². The zero-order chi connectivity index (χ0) is 15.4. The van der Waals surface area contributed by atoms with Crippen molar-refractivity contribution in [2.24, 2.45) is 0 Å². The highest BCUT2D eigenvalue weighted by Gasteiger charge is 2.15. The summed E-state index contributed by atoms with van der Waals surface area (Å²) in [4.78, 5) is 10.3. The summed E-state index contributed by atoms with van der Waals surface area (Å²) in [5, 5.41) is 20.1. The van der Waals surface area contributed by atoms with E-state index >= 15 is 0 Å². The molecule has 0 aliphatic carbocycles. The van der Waals surface area contributed by atoms with Crippen LogP contribution in [0.3, 0.4) is 0 Å². The zero-order valence-corrected chi connectivity index (χ0v) is 11.9. The number of nitrogens with zero attached hydrogens (tertiary/aromatic N) is 1. The van der Waals surface area contributed by atoms with Crippen molar-refractivity contribution in [1.29, 1.82) is 0 Å². The van der Waals surface area contributed by atoms with Crippen LogP contribution in [-0.4, -0.2) is 10.0 Å². The minimum absolute atomic E-state index is 0.109. The summed E-state index contributed by atoms with van der Waals surface area (Å²) >= 11 is 0. The molecule has 5 nitrogen and oxygen atoms in total. The topological polar surface area (TPSA) is 72.6 Å². The van der Waals surface area contributed by atoms with E-state index in [9.17, 15) is 15.2 Å². The number of benzene rings is 2. The molecule has 0 fully saturated rings. The lowest BCUT2D eigenvalue weighted by Gasteiger charge is -2.14. The van der Waals surface area contributed by atoms with E-state index in [0.29, 0.717) is 17.4 Å². The number of ether oxygens (including phenoxy) is 1. The van der Waals surface area contributed by atoms with Gasteiger partial charge in [-0.3, -0.25) is 10.1 Å². The van der Waals surface area contributed by atoms with Gasteiger partial charge in [-0.05, 0) is 29.7 Å². The van der Waals surface area contributed by atoms with Crippen LogP contribution in [0.1, 0.15) is 30.9 Å². The lowest BCUT2D eigenvalue weighted by molar-refractivity contribution is -0.385. The van der Waals surface area contributed by atoms with Crippen LogP contribution in [0.15, 0.2) is 42.5 Å². The number of aliphatic hydroxyl groups is 1. The Labute approximate surface area is 123 Å². The smallest absolute Gasteiger partial charge is 0.275 e. The van der Waals surface area contributed by atoms with Crippen molar-refractivity contribution in [3.63, 3.8) is 0 Å². The fourth-order valence-electron chi connectivity index (χ4n) is 2.11. The molecule has 2 rings (SSSR count). The van der Waals surface area contributed by atoms with Gasteiger partial charge in [-0.15, -0.1) is 0 Å². The van der Waals surface area contributed by atoms with E-state index < -0.39 is 11.5 Å². The van der Waals surface area contributed by atoms with E-state index in [1.165, 1.54) is 18.2 Å². The molecule has 110 valence electrons. The second-order valence-electron chi connectivity index (χ2n) is 5.00. The monoisotopic (exact) mass is 287 g/mol. The van der Waals surface area contributed by atoms with Gasteiger partial charge in [-0.2, -0.15) is 0 Å². The fourth-order valence-corrected chi connectivity index (χ4v) is 2.11. The van der Waals surface area contributed by atoms with Crippen molar-refractivity contribution < 1.29 is 14.8 Å². The van der Waals surface area contributed by atoms with Crippen LogP contribution in [0.4, 0.5) is 5.69 Å². The van der Waals surface area contributed by atoms with Crippen LogP contribution in [0.2, 0.25) is 0 Å². The molecule has 0 aromatic heterocycles. The molecule has 0 heterocycles. The Hall–Kier alpha value is -2.40. The summed E-state index contributed by atoms with van der Waals surface area (Å²) in [5.74, 6) is 1.49. The maximum atomic E-state index is 10.8. The lowest BCUT2D eigenvalue weighted by Crippen LogP contribution is -1.97. The maximum absolute atomic E-state index is 10.8. The van der Waals surface area contributed by atoms with E-state index in [0.717, 1.165) is 5.56 Å². The number of aliphatic hydroxyl groups excluding tert-OH is 1. The molecule has 2 aromatic carbocycles. The molecule has 0 bridgehead atoms. The summed E-state index contributed by atoms with van der Waals surface area (Å²) in [7, 11) is 0. The predicted octanol–water partition coefficient (Wildman–Crippen LogP) is 4.00. The SMILES string of the molecule is CC(C)c1ccccc1Oc1ccc([N+](=O)[O-])c(CO)c1. The van der Waals surface area contributed by atoms with Crippen LogP contribution in [0, 0.1) is 10.1 Å². The summed E-state index contributed by atoms with van der Waals surface area (Å²) in [6.45, 7) is 3.73. The predicted molar refractivity (Wildman–Crippen MR) is 79.6 cm³/mol. The van der Waals surface area contributed by atoms with Crippen molar-refractivity contribution in [2.75, 3.05) is 0 Å². The van der Waals surface area contributed by atoms with Crippen molar-refractivity contribution in [1.82, 2.24) is 0 Å². The summed E-state index contributed by atoms with van der Waals surface area (Å²) in [6.07, 6.45) is 0. The van der Waals surface area contributed by atoms with Gasteiger partial charge < -0.3 is 9.84 Å². The molecule has 0 saturated heterocycles. The highest BCUT2D eigenvalue weighted by atomic mass is 16.6. The van der Waals surface area contributed by atoms with Crippen LogP contribution < -0.4 is 4.74 Å². The van der Waals surface area contributed by atoms with Gasteiger partial charge in [-0.25, -0.2) is 0 Å². The fraction of sp³-hybridized carbons (Fsp3) is 0.250. The molecule has 5 heteroatoms. The molecule has 0 atom stereocenters. The van der Waals surface area contributed by atoms with Crippen LogP contribution in [-0.2, 0) is 6.61 Å². The number of para-hydroxylation sites is 1. The van der Waals surface area contributed by atoms with Gasteiger partial charge in [0, 0.05) is 6.07 Å². The number of nitro benzene ring substituents is 1. The molecular formula is C16H17NO4. The first-order valence-electron chi connectivity index (χ1n) is 6.68. The third-order valence-corrected chi connectivity index (χ3v) is 3.19. The average Bonchev–Trinajstić information content (AvgIpc) is 2.47. The molecule has 0 unspecified atom stereocenters. The average molecular weight is 287 g/mol. The quantitative estimate of drug-likeness (QED) is 0.666. The third-order valence-electron chi connectivity index (χ3n) is 3.19. The Balaban J connectivity index is 2.35.